The number of amides is 2. The first-order valence-corrected chi connectivity index (χ1v) is 11.3. The second-order valence-corrected chi connectivity index (χ2v) is 8.87. The molecule has 0 aliphatic carbocycles. The van der Waals surface area contributed by atoms with Crippen LogP contribution in [0.2, 0.25) is 0 Å². The van der Waals surface area contributed by atoms with Crippen molar-refractivity contribution < 1.29 is 14.5 Å². The molecular weight excluding hydrogens is 406 g/mol. The van der Waals surface area contributed by atoms with Gasteiger partial charge in [0.1, 0.15) is 6.04 Å². The summed E-state index contributed by atoms with van der Waals surface area (Å²) in [6.45, 7) is 3.62. The van der Waals surface area contributed by atoms with Gasteiger partial charge in [0.15, 0.2) is 0 Å². The van der Waals surface area contributed by atoms with Gasteiger partial charge < -0.3 is 9.80 Å². The minimum atomic E-state index is -0.451. The fourth-order valence-electron chi connectivity index (χ4n) is 4.94. The van der Waals surface area contributed by atoms with Gasteiger partial charge in [0.2, 0.25) is 5.91 Å². The van der Waals surface area contributed by atoms with E-state index in [1.165, 1.54) is 17.7 Å². The summed E-state index contributed by atoms with van der Waals surface area (Å²) in [4.78, 5) is 40.6. The molecule has 0 bridgehead atoms. The van der Waals surface area contributed by atoms with E-state index >= 15 is 0 Å². The smallest absolute Gasteiger partial charge is 0.272 e. The van der Waals surface area contributed by atoms with Gasteiger partial charge in [-0.3, -0.25) is 19.7 Å². The van der Waals surface area contributed by atoms with Crippen LogP contribution in [0.1, 0.15) is 47.2 Å². The highest BCUT2D eigenvalue weighted by Crippen LogP contribution is 2.27. The number of likely N-dealkylation sites (tertiary alicyclic amines) is 2. The number of aryl methyl sites for hydroxylation is 1. The van der Waals surface area contributed by atoms with E-state index in [-0.39, 0.29) is 17.5 Å². The van der Waals surface area contributed by atoms with Crippen LogP contribution in [0.4, 0.5) is 5.69 Å². The summed E-state index contributed by atoms with van der Waals surface area (Å²) in [5, 5.41) is 11.1. The third-order valence-corrected chi connectivity index (χ3v) is 6.73. The van der Waals surface area contributed by atoms with Crippen LogP contribution in [-0.4, -0.2) is 52.2 Å². The van der Waals surface area contributed by atoms with Crippen molar-refractivity contribution in [3.63, 3.8) is 0 Å². The molecule has 0 radical (unpaired) electrons. The minimum Gasteiger partial charge on any atom is -0.341 e. The molecule has 2 aliphatic heterocycles. The van der Waals surface area contributed by atoms with Crippen LogP contribution in [0.5, 0.6) is 0 Å². The number of rotatable bonds is 5. The van der Waals surface area contributed by atoms with Gasteiger partial charge >= 0.3 is 0 Å². The molecule has 0 saturated carbocycles. The average molecular weight is 436 g/mol. The van der Waals surface area contributed by atoms with E-state index in [1.807, 2.05) is 11.0 Å². The Kier molecular flexibility index (Phi) is 6.53. The lowest BCUT2D eigenvalue weighted by Gasteiger charge is -2.35. The van der Waals surface area contributed by atoms with E-state index in [2.05, 4.69) is 24.3 Å². The van der Waals surface area contributed by atoms with E-state index in [1.54, 1.807) is 17.9 Å². The SMILES string of the molecule is Cc1cc(C(=O)N2CCCC2C(=O)N2CCC(Cc3ccccc3)CC2)ccc1[N+](=O)[O-]. The molecule has 2 saturated heterocycles. The monoisotopic (exact) mass is 435 g/mol. The highest BCUT2D eigenvalue weighted by Gasteiger charge is 2.38. The normalized spacial score (nSPS) is 19.2. The average Bonchev–Trinajstić information content (AvgIpc) is 3.29. The first kappa shape index (κ1) is 22.0. The van der Waals surface area contributed by atoms with E-state index in [0.29, 0.717) is 30.0 Å². The Balaban J connectivity index is 1.38. The highest BCUT2D eigenvalue weighted by atomic mass is 16.6. The lowest BCUT2D eigenvalue weighted by molar-refractivity contribution is -0.385. The van der Waals surface area contributed by atoms with Crippen LogP contribution in [0, 0.1) is 23.0 Å². The molecule has 32 heavy (non-hydrogen) atoms. The quantitative estimate of drug-likeness (QED) is 0.525. The van der Waals surface area contributed by atoms with Crippen molar-refractivity contribution in [2.45, 2.75) is 45.1 Å². The molecule has 7 nitrogen and oxygen atoms in total. The molecule has 4 rings (SSSR count). The van der Waals surface area contributed by atoms with Crippen molar-refractivity contribution in [2.75, 3.05) is 19.6 Å². The fourth-order valence-corrected chi connectivity index (χ4v) is 4.94. The second-order valence-electron chi connectivity index (χ2n) is 8.87. The predicted molar refractivity (Wildman–Crippen MR) is 121 cm³/mol. The molecule has 2 aromatic carbocycles. The third-order valence-electron chi connectivity index (χ3n) is 6.73. The Bertz CT molecular complexity index is 1000. The summed E-state index contributed by atoms with van der Waals surface area (Å²) in [5.41, 5.74) is 2.18. The lowest BCUT2D eigenvalue weighted by Crippen LogP contribution is -2.50. The number of carbonyl (C=O) groups excluding carboxylic acids is 2. The van der Waals surface area contributed by atoms with Crippen LogP contribution in [0.25, 0.3) is 0 Å². The Morgan fingerprint density at radius 3 is 2.41 bits per heavy atom. The molecule has 0 N–H and O–H groups in total. The van der Waals surface area contributed by atoms with Crippen LogP contribution in [0.15, 0.2) is 48.5 Å². The number of nitro groups is 1. The summed E-state index contributed by atoms with van der Waals surface area (Å²) in [6.07, 6.45) is 4.45. The van der Waals surface area contributed by atoms with Crippen molar-refractivity contribution in [3.8, 4) is 0 Å². The van der Waals surface area contributed by atoms with Gasteiger partial charge in [-0.05, 0) is 62.6 Å². The maximum absolute atomic E-state index is 13.3. The van der Waals surface area contributed by atoms with Gasteiger partial charge in [-0.2, -0.15) is 0 Å². The predicted octanol–water partition coefficient (Wildman–Crippen LogP) is 3.99. The summed E-state index contributed by atoms with van der Waals surface area (Å²) in [6, 6.07) is 14.4. The Hall–Kier alpha value is -3.22. The molecule has 2 heterocycles. The number of nitro benzene ring substituents is 1. The molecule has 7 heteroatoms. The molecule has 0 spiro atoms. The molecule has 2 aromatic rings. The maximum atomic E-state index is 13.3. The van der Waals surface area contributed by atoms with Gasteiger partial charge in [-0.25, -0.2) is 0 Å². The number of nitrogens with zero attached hydrogens (tertiary/aromatic N) is 3. The summed E-state index contributed by atoms with van der Waals surface area (Å²) >= 11 is 0. The largest absolute Gasteiger partial charge is 0.341 e. The Morgan fingerprint density at radius 1 is 1.03 bits per heavy atom. The Morgan fingerprint density at radius 2 is 1.75 bits per heavy atom. The van der Waals surface area contributed by atoms with Gasteiger partial charge in [-0.1, -0.05) is 30.3 Å². The number of piperidine rings is 1. The second kappa shape index (κ2) is 9.51. The minimum absolute atomic E-state index is 0.00558. The van der Waals surface area contributed by atoms with Crippen molar-refractivity contribution in [1.82, 2.24) is 9.80 Å². The fraction of sp³-hybridized carbons (Fsp3) is 0.440. The van der Waals surface area contributed by atoms with Crippen LogP contribution in [0.3, 0.4) is 0 Å². The van der Waals surface area contributed by atoms with Crippen LogP contribution >= 0.6 is 0 Å². The summed E-state index contributed by atoms with van der Waals surface area (Å²) in [5.74, 6) is 0.385. The number of benzene rings is 2. The van der Waals surface area contributed by atoms with Crippen LogP contribution < -0.4 is 0 Å². The van der Waals surface area contributed by atoms with Gasteiger partial charge in [0.05, 0.1) is 4.92 Å². The van der Waals surface area contributed by atoms with E-state index in [9.17, 15) is 19.7 Å². The van der Waals surface area contributed by atoms with E-state index < -0.39 is 11.0 Å². The molecule has 0 aromatic heterocycles. The standard InChI is InChI=1S/C25H29N3O4/c1-18-16-21(9-10-22(18)28(31)32)24(29)27-13-5-8-23(27)25(30)26-14-11-20(12-15-26)17-19-6-3-2-4-7-19/h2-4,6-7,9-10,16,20,23H,5,8,11-15,17H2,1H3. The number of hydrogen-bond donors (Lipinski definition) is 0. The highest BCUT2D eigenvalue weighted by molar-refractivity contribution is 5.98. The third kappa shape index (κ3) is 4.66. The zero-order valence-electron chi connectivity index (χ0n) is 18.4. The molecule has 168 valence electrons. The first-order valence-electron chi connectivity index (χ1n) is 11.3. The summed E-state index contributed by atoms with van der Waals surface area (Å²) < 4.78 is 0. The van der Waals surface area contributed by atoms with Crippen molar-refractivity contribution in [2.24, 2.45) is 5.92 Å². The zero-order chi connectivity index (χ0) is 22.7. The van der Waals surface area contributed by atoms with E-state index in [4.69, 9.17) is 0 Å². The van der Waals surface area contributed by atoms with Gasteiger partial charge in [-0.15, -0.1) is 0 Å². The van der Waals surface area contributed by atoms with Crippen LogP contribution in [-0.2, 0) is 11.2 Å². The molecule has 2 fully saturated rings. The molecular formula is C25H29N3O4. The molecule has 2 aliphatic rings. The molecule has 1 atom stereocenters. The zero-order valence-corrected chi connectivity index (χ0v) is 18.4. The summed E-state index contributed by atoms with van der Waals surface area (Å²) in [7, 11) is 0. The first-order chi connectivity index (χ1) is 15.4. The van der Waals surface area contributed by atoms with Gasteiger partial charge in [0, 0.05) is 36.8 Å². The number of carbonyl (C=O) groups is 2. The van der Waals surface area contributed by atoms with E-state index in [0.717, 1.165) is 38.8 Å². The lowest BCUT2D eigenvalue weighted by atomic mass is 9.90. The van der Waals surface area contributed by atoms with Crippen molar-refractivity contribution in [1.29, 1.82) is 0 Å². The van der Waals surface area contributed by atoms with Gasteiger partial charge in [0.25, 0.3) is 11.6 Å². The van der Waals surface area contributed by atoms with Crippen molar-refractivity contribution in [3.05, 3.63) is 75.3 Å². The molecule has 2 amide bonds. The number of hydrogen-bond acceptors (Lipinski definition) is 4. The Labute approximate surface area is 188 Å². The maximum Gasteiger partial charge on any atom is 0.272 e. The molecule has 1 unspecified atom stereocenters. The van der Waals surface area contributed by atoms with Crippen molar-refractivity contribution >= 4 is 17.5 Å². The topological polar surface area (TPSA) is 83.8 Å².